The van der Waals surface area contributed by atoms with E-state index in [4.69, 9.17) is 9.47 Å². The van der Waals surface area contributed by atoms with Crippen LogP contribution in [0.1, 0.15) is 16.7 Å². The molecular weight excluding hydrogens is 376 g/mol. The van der Waals surface area contributed by atoms with Crippen LogP contribution in [0.5, 0.6) is 11.5 Å². The third-order valence-electron chi connectivity index (χ3n) is 4.55. The van der Waals surface area contributed by atoms with Gasteiger partial charge in [-0.1, -0.05) is 6.07 Å². The monoisotopic (exact) mass is 398 g/mol. The van der Waals surface area contributed by atoms with Crippen molar-refractivity contribution in [1.82, 2.24) is 4.90 Å². The molecule has 1 aliphatic rings. The molecule has 0 bridgehead atoms. The topological polar surface area (TPSA) is 67.9 Å². The number of amides is 2. The molecule has 1 heterocycles. The van der Waals surface area contributed by atoms with Crippen LogP contribution in [-0.2, 0) is 4.79 Å². The Balaban J connectivity index is 1.76. The molecule has 1 N–H and O–H groups in total. The molecular formula is C21H22N2O4S. The van der Waals surface area contributed by atoms with Gasteiger partial charge in [-0.3, -0.25) is 14.5 Å². The van der Waals surface area contributed by atoms with Gasteiger partial charge in [-0.15, -0.1) is 0 Å². The maximum atomic E-state index is 12.7. The molecule has 1 aliphatic heterocycles. The summed E-state index contributed by atoms with van der Waals surface area (Å²) in [6.45, 7) is 4.17. The van der Waals surface area contributed by atoms with Gasteiger partial charge >= 0.3 is 0 Å². The van der Waals surface area contributed by atoms with Gasteiger partial charge in [0.15, 0.2) is 0 Å². The summed E-state index contributed by atoms with van der Waals surface area (Å²) >= 11 is 0.918. The molecule has 0 atom stereocenters. The number of nitrogens with one attached hydrogen (secondary N) is 1. The summed E-state index contributed by atoms with van der Waals surface area (Å²) in [5.41, 5.74) is 3.90. The van der Waals surface area contributed by atoms with E-state index in [-0.39, 0.29) is 17.8 Å². The zero-order valence-electron chi connectivity index (χ0n) is 16.2. The molecule has 6 nitrogen and oxygen atoms in total. The van der Waals surface area contributed by atoms with E-state index >= 15 is 0 Å². The molecule has 0 aromatic heterocycles. The van der Waals surface area contributed by atoms with E-state index in [0.717, 1.165) is 23.0 Å². The fourth-order valence-corrected chi connectivity index (χ4v) is 3.57. The lowest BCUT2D eigenvalue weighted by Crippen LogP contribution is -2.33. The van der Waals surface area contributed by atoms with Gasteiger partial charge in [0.25, 0.3) is 11.1 Å². The van der Waals surface area contributed by atoms with Crippen LogP contribution in [0.4, 0.5) is 10.5 Å². The second-order valence-corrected chi connectivity index (χ2v) is 7.34. The zero-order valence-corrected chi connectivity index (χ0v) is 17.1. The van der Waals surface area contributed by atoms with Crippen molar-refractivity contribution in [3.8, 4) is 11.5 Å². The Kier molecular flexibility index (Phi) is 5.94. The molecule has 0 spiro atoms. The lowest BCUT2D eigenvalue weighted by molar-refractivity contribution is -0.122. The number of methoxy groups -OCH3 is 2. The van der Waals surface area contributed by atoms with Gasteiger partial charge in [0.05, 0.1) is 25.8 Å². The van der Waals surface area contributed by atoms with E-state index in [9.17, 15) is 9.59 Å². The Morgan fingerprint density at radius 3 is 2.50 bits per heavy atom. The van der Waals surface area contributed by atoms with E-state index in [2.05, 4.69) is 5.32 Å². The first-order chi connectivity index (χ1) is 13.4. The van der Waals surface area contributed by atoms with Crippen molar-refractivity contribution in [3.05, 3.63) is 58.0 Å². The highest BCUT2D eigenvalue weighted by molar-refractivity contribution is 8.18. The van der Waals surface area contributed by atoms with Crippen LogP contribution in [0.2, 0.25) is 0 Å². The Bertz CT molecular complexity index is 955. The van der Waals surface area contributed by atoms with Gasteiger partial charge in [0.2, 0.25) is 0 Å². The number of hydrogen-bond acceptors (Lipinski definition) is 6. The van der Waals surface area contributed by atoms with E-state index in [0.29, 0.717) is 22.0 Å². The first kappa shape index (κ1) is 19.8. The average Bonchev–Trinajstić information content (AvgIpc) is 2.96. The van der Waals surface area contributed by atoms with E-state index in [1.54, 1.807) is 38.5 Å². The van der Waals surface area contributed by atoms with Gasteiger partial charge in [-0.25, -0.2) is 0 Å². The summed E-state index contributed by atoms with van der Waals surface area (Å²) in [6, 6.07) is 11.2. The fraction of sp³-hybridized carbons (Fsp3) is 0.238. The summed E-state index contributed by atoms with van der Waals surface area (Å²) in [4.78, 5) is 26.6. The van der Waals surface area contributed by atoms with Crippen molar-refractivity contribution in [2.24, 2.45) is 0 Å². The molecule has 28 heavy (non-hydrogen) atoms. The van der Waals surface area contributed by atoms with Gasteiger partial charge < -0.3 is 14.8 Å². The molecule has 1 saturated heterocycles. The lowest BCUT2D eigenvalue weighted by atomic mass is 10.1. The van der Waals surface area contributed by atoms with Crippen LogP contribution >= 0.6 is 11.8 Å². The Morgan fingerprint density at radius 2 is 1.82 bits per heavy atom. The molecule has 2 amide bonds. The standard InChI is InChI=1S/C21H22N2O4S/c1-13-5-7-16(9-14(13)2)22-12-23-20(24)19(28-21(23)25)10-15-6-8-17(26-3)11-18(15)27-4/h5-11,22H,12H2,1-4H3/b19-10-. The number of imide groups is 1. The van der Waals surface area contributed by atoms with Crippen molar-refractivity contribution < 1.29 is 19.1 Å². The molecule has 0 saturated carbocycles. The third kappa shape index (κ3) is 4.14. The number of nitrogens with zero attached hydrogens (tertiary/aromatic N) is 1. The highest BCUT2D eigenvalue weighted by atomic mass is 32.2. The first-order valence-corrected chi connectivity index (χ1v) is 9.53. The summed E-state index contributed by atoms with van der Waals surface area (Å²) in [5, 5.41) is 2.83. The number of hydrogen-bond donors (Lipinski definition) is 1. The van der Waals surface area contributed by atoms with Gasteiger partial charge in [-0.2, -0.15) is 0 Å². The summed E-state index contributed by atoms with van der Waals surface area (Å²) in [6.07, 6.45) is 1.67. The predicted molar refractivity (Wildman–Crippen MR) is 112 cm³/mol. The van der Waals surface area contributed by atoms with Crippen molar-refractivity contribution in [3.63, 3.8) is 0 Å². The van der Waals surface area contributed by atoms with Crippen LogP contribution in [0.25, 0.3) is 6.08 Å². The third-order valence-corrected chi connectivity index (χ3v) is 5.46. The predicted octanol–water partition coefficient (Wildman–Crippen LogP) is 4.43. The molecule has 7 heteroatoms. The molecule has 0 unspecified atom stereocenters. The SMILES string of the molecule is COc1ccc(/C=C2\SC(=O)N(CNc3ccc(C)c(C)c3)C2=O)c(OC)c1. The minimum Gasteiger partial charge on any atom is -0.497 e. The molecule has 2 aromatic rings. The molecule has 3 rings (SSSR count). The number of anilines is 1. The van der Waals surface area contributed by atoms with Crippen molar-refractivity contribution in [1.29, 1.82) is 0 Å². The normalized spacial score (nSPS) is 15.3. The smallest absolute Gasteiger partial charge is 0.295 e. The maximum absolute atomic E-state index is 12.7. The molecule has 0 aliphatic carbocycles. The highest BCUT2D eigenvalue weighted by Crippen LogP contribution is 2.35. The van der Waals surface area contributed by atoms with Crippen LogP contribution in [-0.4, -0.2) is 36.9 Å². The molecule has 1 fully saturated rings. The van der Waals surface area contributed by atoms with Crippen molar-refractivity contribution in [2.75, 3.05) is 26.2 Å². The number of rotatable bonds is 6. The van der Waals surface area contributed by atoms with Crippen LogP contribution in [0.3, 0.4) is 0 Å². The minimum absolute atomic E-state index is 0.115. The second kappa shape index (κ2) is 8.39. The highest BCUT2D eigenvalue weighted by Gasteiger charge is 2.35. The minimum atomic E-state index is -0.329. The van der Waals surface area contributed by atoms with Gasteiger partial charge in [0, 0.05) is 17.3 Å². The second-order valence-electron chi connectivity index (χ2n) is 6.35. The fourth-order valence-electron chi connectivity index (χ4n) is 2.74. The van der Waals surface area contributed by atoms with Crippen molar-refractivity contribution >= 4 is 34.7 Å². The summed E-state index contributed by atoms with van der Waals surface area (Å²) in [5.74, 6) is 0.892. The average molecular weight is 398 g/mol. The number of carbonyl (C=O) groups is 2. The summed E-state index contributed by atoms with van der Waals surface area (Å²) < 4.78 is 10.5. The maximum Gasteiger partial charge on any atom is 0.295 e. The Hall–Kier alpha value is -2.93. The number of benzene rings is 2. The van der Waals surface area contributed by atoms with E-state index in [1.807, 2.05) is 32.0 Å². The van der Waals surface area contributed by atoms with Crippen LogP contribution in [0.15, 0.2) is 41.3 Å². The molecule has 2 aromatic carbocycles. The number of thioether (sulfide) groups is 1. The molecule has 146 valence electrons. The van der Waals surface area contributed by atoms with Crippen LogP contribution < -0.4 is 14.8 Å². The van der Waals surface area contributed by atoms with Crippen molar-refractivity contribution in [2.45, 2.75) is 13.8 Å². The summed E-state index contributed by atoms with van der Waals surface area (Å²) in [7, 11) is 3.12. The number of aryl methyl sites for hydroxylation is 2. The number of ether oxygens (including phenoxy) is 2. The zero-order chi connectivity index (χ0) is 20.3. The largest absolute Gasteiger partial charge is 0.497 e. The quantitative estimate of drug-likeness (QED) is 0.726. The van der Waals surface area contributed by atoms with E-state index < -0.39 is 0 Å². The Labute approximate surface area is 168 Å². The Morgan fingerprint density at radius 1 is 1.04 bits per heavy atom. The number of carbonyl (C=O) groups excluding carboxylic acids is 2. The van der Waals surface area contributed by atoms with Gasteiger partial charge in [-0.05, 0) is 67.1 Å². The molecule has 0 radical (unpaired) electrons. The van der Waals surface area contributed by atoms with E-state index in [1.165, 1.54) is 10.5 Å². The lowest BCUT2D eigenvalue weighted by Gasteiger charge is -2.15. The van der Waals surface area contributed by atoms with Gasteiger partial charge in [0.1, 0.15) is 11.5 Å². The first-order valence-electron chi connectivity index (χ1n) is 8.71. The van der Waals surface area contributed by atoms with Crippen LogP contribution in [0, 0.1) is 13.8 Å².